The Labute approximate surface area is 214 Å². The molecule has 0 aliphatic heterocycles. The van der Waals surface area contributed by atoms with Crippen LogP contribution in [0.3, 0.4) is 0 Å². The van der Waals surface area contributed by atoms with Crippen LogP contribution in [0.5, 0.6) is 0 Å². The molecule has 4 unspecified atom stereocenters. The molecular formula is C28H60O4Si. The van der Waals surface area contributed by atoms with Crippen LogP contribution in [-0.2, 0) is 0 Å². The summed E-state index contributed by atoms with van der Waals surface area (Å²) in [5, 5.41) is 43.1. The zero-order valence-corrected chi connectivity index (χ0v) is 26.3. The molecule has 200 valence electrons. The van der Waals surface area contributed by atoms with E-state index in [0.29, 0.717) is 0 Å². The van der Waals surface area contributed by atoms with E-state index >= 15 is 0 Å². The maximum atomic E-state index is 10.8. The van der Waals surface area contributed by atoms with Gasteiger partial charge in [0.25, 0.3) is 0 Å². The Morgan fingerprint density at radius 2 is 0.485 bits per heavy atom. The van der Waals surface area contributed by atoms with Gasteiger partial charge in [-0.2, -0.15) is 0 Å². The largest absolute Gasteiger partial charge is 4.00 e. The van der Waals surface area contributed by atoms with Crippen LogP contribution in [0.4, 0.5) is 0 Å². The van der Waals surface area contributed by atoms with Crippen molar-refractivity contribution in [2.45, 2.75) is 161 Å². The molecule has 0 aliphatic rings. The standard InChI is InChI=1S/4C7H15O.Si/c4*1-5-7(3,4)6(2)8;/h4*6H,5H2,1-4H3;/q4*-1;+4. The van der Waals surface area contributed by atoms with Gasteiger partial charge in [-0.15, -0.1) is 24.4 Å². The van der Waals surface area contributed by atoms with Crippen molar-refractivity contribution in [1.82, 2.24) is 0 Å². The molecule has 0 heterocycles. The van der Waals surface area contributed by atoms with Crippen LogP contribution in [0, 0.1) is 21.7 Å². The quantitative estimate of drug-likeness (QED) is 0.476. The van der Waals surface area contributed by atoms with E-state index in [2.05, 4.69) is 27.7 Å². The van der Waals surface area contributed by atoms with Crippen LogP contribution < -0.4 is 20.4 Å². The minimum atomic E-state index is -0.438. The van der Waals surface area contributed by atoms with Gasteiger partial charge in [0.2, 0.25) is 0 Å². The summed E-state index contributed by atoms with van der Waals surface area (Å²) < 4.78 is 0. The monoisotopic (exact) mass is 488 g/mol. The van der Waals surface area contributed by atoms with Crippen molar-refractivity contribution in [3.8, 4) is 0 Å². The zero-order valence-electron chi connectivity index (χ0n) is 25.3. The summed E-state index contributed by atoms with van der Waals surface area (Å²) in [5.74, 6) is 0. The van der Waals surface area contributed by atoms with E-state index in [4.69, 9.17) is 0 Å². The summed E-state index contributed by atoms with van der Waals surface area (Å²) in [5.41, 5.74) is -0.0556. The first-order chi connectivity index (χ1) is 14.0. The van der Waals surface area contributed by atoms with E-state index in [1.165, 1.54) is 0 Å². The van der Waals surface area contributed by atoms with E-state index in [9.17, 15) is 20.4 Å². The zero-order chi connectivity index (χ0) is 27.1. The fourth-order valence-corrected chi connectivity index (χ4v) is 1.15. The molecule has 5 heteroatoms. The molecule has 0 aromatic heterocycles. The Bertz CT molecular complexity index is 346. The molecule has 0 aromatic carbocycles. The fourth-order valence-electron chi connectivity index (χ4n) is 1.15. The summed E-state index contributed by atoms with van der Waals surface area (Å²) in [6, 6.07) is 0. The van der Waals surface area contributed by atoms with Crippen LogP contribution in [-0.4, -0.2) is 35.4 Å². The Hall–Kier alpha value is 0.0569. The van der Waals surface area contributed by atoms with Gasteiger partial charge in [-0.05, 0) is 21.7 Å². The SMILES string of the molecule is CCC(C)(C)C(C)[O-].CCC(C)(C)C(C)[O-].CCC(C)(C)C(C)[O-].CCC(C)(C)C(C)[O-].[Si+4]. The molecule has 0 aromatic rings. The topological polar surface area (TPSA) is 92.2 Å². The van der Waals surface area contributed by atoms with Crippen LogP contribution in [0.2, 0.25) is 0 Å². The van der Waals surface area contributed by atoms with Gasteiger partial charge in [0.1, 0.15) is 0 Å². The molecule has 4 atom stereocenters. The Balaban J connectivity index is -0.000000105. The predicted octanol–water partition coefficient (Wildman–Crippen LogP) is 4.30. The maximum Gasteiger partial charge on any atom is 4.00 e. The van der Waals surface area contributed by atoms with Gasteiger partial charge in [-0.3, -0.25) is 0 Å². The third kappa shape index (κ3) is 22.3. The molecule has 0 saturated carbocycles. The molecule has 33 heavy (non-hydrogen) atoms. The third-order valence-corrected chi connectivity index (χ3v) is 8.05. The third-order valence-electron chi connectivity index (χ3n) is 8.05. The van der Waals surface area contributed by atoms with Gasteiger partial charge in [0, 0.05) is 0 Å². The second kappa shape index (κ2) is 19.3. The van der Waals surface area contributed by atoms with Crippen molar-refractivity contribution in [3.63, 3.8) is 0 Å². The molecule has 0 saturated heterocycles. The first kappa shape index (κ1) is 43.2. The number of rotatable bonds is 8. The van der Waals surface area contributed by atoms with Gasteiger partial charge >= 0.3 is 11.0 Å². The van der Waals surface area contributed by atoms with E-state index in [-0.39, 0.29) is 32.6 Å². The summed E-state index contributed by atoms with van der Waals surface area (Å²) in [6.07, 6.45) is 2.13. The van der Waals surface area contributed by atoms with E-state index in [1.807, 2.05) is 55.4 Å². The summed E-state index contributed by atoms with van der Waals surface area (Å²) >= 11 is 0. The first-order valence-electron chi connectivity index (χ1n) is 12.6. The average molecular weight is 489 g/mol. The first-order valence-corrected chi connectivity index (χ1v) is 12.6. The van der Waals surface area contributed by atoms with E-state index in [0.717, 1.165) is 25.7 Å². The van der Waals surface area contributed by atoms with Crippen molar-refractivity contribution < 1.29 is 20.4 Å². The van der Waals surface area contributed by atoms with Crippen molar-refractivity contribution in [1.29, 1.82) is 0 Å². The second-order valence-electron chi connectivity index (χ2n) is 11.9. The van der Waals surface area contributed by atoms with Crippen LogP contribution in [0.25, 0.3) is 0 Å². The molecule has 0 spiro atoms. The smallest absolute Gasteiger partial charge is 0.852 e. The second-order valence-corrected chi connectivity index (χ2v) is 11.9. The van der Waals surface area contributed by atoms with E-state index in [1.54, 1.807) is 27.7 Å². The molecule has 0 N–H and O–H groups in total. The molecular weight excluding hydrogens is 428 g/mol. The van der Waals surface area contributed by atoms with Crippen molar-refractivity contribution in [3.05, 3.63) is 0 Å². The average Bonchev–Trinajstić information content (AvgIpc) is 2.68. The van der Waals surface area contributed by atoms with Crippen molar-refractivity contribution in [2.75, 3.05) is 0 Å². The van der Waals surface area contributed by atoms with Crippen molar-refractivity contribution in [2.24, 2.45) is 21.7 Å². The van der Waals surface area contributed by atoms with Gasteiger partial charge < -0.3 is 20.4 Å². The van der Waals surface area contributed by atoms with Gasteiger partial charge in [-0.1, -0.05) is 136 Å². The van der Waals surface area contributed by atoms with Crippen molar-refractivity contribution >= 4 is 11.0 Å². The maximum absolute atomic E-state index is 10.8. The molecule has 0 amide bonds. The predicted molar refractivity (Wildman–Crippen MR) is 140 cm³/mol. The Morgan fingerprint density at radius 3 is 0.485 bits per heavy atom. The van der Waals surface area contributed by atoms with Crippen LogP contribution in [0.15, 0.2) is 0 Å². The Kier molecular flexibility index (Phi) is 25.2. The molecule has 0 fully saturated rings. The van der Waals surface area contributed by atoms with Crippen LogP contribution in [0.1, 0.15) is 136 Å². The normalized spacial score (nSPS) is 15.6. The number of hydrogen-bond acceptors (Lipinski definition) is 4. The molecule has 0 rings (SSSR count). The molecule has 0 bridgehead atoms. The fraction of sp³-hybridized carbons (Fsp3) is 1.00. The summed E-state index contributed by atoms with van der Waals surface area (Å²) in [6.45, 7) is 31.1. The van der Waals surface area contributed by atoms with Crippen LogP contribution >= 0.6 is 0 Å². The molecule has 0 aliphatic carbocycles. The molecule has 0 radical (unpaired) electrons. The van der Waals surface area contributed by atoms with Gasteiger partial charge in [0.15, 0.2) is 0 Å². The minimum absolute atomic E-state index is 0. The summed E-state index contributed by atoms with van der Waals surface area (Å²) in [7, 11) is 0. The number of hydrogen-bond donors (Lipinski definition) is 0. The van der Waals surface area contributed by atoms with Gasteiger partial charge in [-0.25, -0.2) is 0 Å². The Morgan fingerprint density at radius 1 is 0.394 bits per heavy atom. The molecule has 4 nitrogen and oxygen atoms in total. The summed E-state index contributed by atoms with van der Waals surface area (Å²) in [4.78, 5) is 0. The van der Waals surface area contributed by atoms with Gasteiger partial charge in [0.05, 0.1) is 0 Å². The van der Waals surface area contributed by atoms with E-state index < -0.39 is 24.4 Å². The minimum Gasteiger partial charge on any atom is -0.852 e.